The molecule has 2 aromatic carbocycles. The average Bonchev–Trinajstić information content (AvgIpc) is 3.98. The van der Waals surface area contributed by atoms with Crippen LogP contribution in [-0.2, 0) is 18.3 Å². The molecule has 0 bridgehead atoms. The van der Waals surface area contributed by atoms with Crippen LogP contribution < -0.4 is 5.73 Å². The number of nitrogens with zero attached hydrogens (tertiary/aromatic N) is 3. The van der Waals surface area contributed by atoms with Crippen LogP contribution in [0.2, 0.25) is 36.3 Å². The predicted molar refractivity (Wildman–Crippen MR) is 270 cm³/mol. The third kappa shape index (κ3) is 12.7. The van der Waals surface area contributed by atoms with Crippen LogP contribution in [0.5, 0.6) is 0 Å². The quantitative estimate of drug-likeness (QED) is 0.0749. The van der Waals surface area contributed by atoms with Gasteiger partial charge in [-0.15, -0.1) is 0 Å². The summed E-state index contributed by atoms with van der Waals surface area (Å²) in [5.41, 5.74) is 7.95. The van der Waals surface area contributed by atoms with Crippen molar-refractivity contribution >= 4 is 50.6 Å². The normalized spacial score (nSPS) is 20.6. The molecule has 4 N–H and O–H groups in total. The van der Waals surface area contributed by atoms with Crippen LogP contribution in [0, 0.1) is 21.7 Å². The van der Waals surface area contributed by atoms with Gasteiger partial charge in [-0.05, 0) is 138 Å². The van der Waals surface area contributed by atoms with Crippen LogP contribution in [0.15, 0.2) is 48.8 Å². The Morgan fingerprint density at radius 2 is 1.07 bits per heavy atom. The first-order chi connectivity index (χ1) is 31.1. The van der Waals surface area contributed by atoms with E-state index in [-0.39, 0.29) is 45.0 Å². The molecule has 14 nitrogen and oxygen atoms in total. The van der Waals surface area contributed by atoms with Gasteiger partial charge in [0.05, 0.1) is 30.2 Å². The monoisotopic (exact) mass is 985 g/mol. The third-order valence-electron chi connectivity index (χ3n) is 14.1. The minimum Gasteiger partial charge on any atom is -0.444 e. The molecule has 2 saturated heterocycles. The van der Waals surface area contributed by atoms with Crippen molar-refractivity contribution in [3.63, 3.8) is 0 Å². The highest BCUT2D eigenvalue weighted by Gasteiger charge is 2.51. The van der Waals surface area contributed by atoms with Crippen molar-refractivity contribution in [1.82, 2.24) is 19.8 Å². The highest BCUT2D eigenvalue weighted by Crippen LogP contribution is 2.45. The Balaban J connectivity index is 0.000000255. The molecule has 6 rings (SSSR count). The maximum absolute atomic E-state index is 13.8. The zero-order valence-electron chi connectivity index (χ0n) is 43.3. The zero-order valence-corrected chi connectivity index (χ0v) is 45.3. The molecule has 0 radical (unpaired) electrons. The number of carbonyl (C=O) groups excluding carboxylic acids is 2. The molecule has 68 heavy (non-hydrogen) atoms. The number of amides is 2. The lowest BCUT2D eigenvalue weighted by Crippen LogP contribution is -2.52. The first-order valence-corrected chi connectivity index (χ1v) is 29.7. The van der Waals surface area contributed by atoms with E-state index < -0.39 is 64.4 Å². The molecule has 4 heterocycles. The van der Waals surface area contributed by atoms with Gasteiger partial charge >= 0.3 is 12.2 Å². The first-order valence-electron chi connectivity index (χ1n) is 23.8. The zero-order chi connectivity index (χ0) is 51.1. The Morgan fingerprint density at radius 3 is 1.41 bits per heavy atom. The summed E-state index contributed by atoms with van der Waals surface area (Å²) in [4.78, 5) is 47.6. The molecule has 2 aliphatic heterocycles. The second kappa shape index (κ2) is 20.2. The van der Waals surface area contributed by atoms with Gasteiger partial charge < -0.3 is 43.8 Å². The number of fused-ring (bicyclic) bond motifs is 2. The van der Waals surface area contributed by atoms with Crippen LogP contribution in [0.25, 0.3) is 21.8 Å². The SMILES string of the molecule is CC(C)(C)OC(=O)N1CC[C@H](O[Si](C)(C)C(C)(C)C)[C@H]1[C@H](CN)c1c[nH]c2cc(F)ccc12.CC(C)(C)OC(=O)N1CC[C@H](O[Si](C)(C)C(C)(C)C)[C@H]1[C@H](C[N+](=O)[O-])c1c[nH]c2cc(F)ccc12. The van der Waals surface area contributed by atoms with Gasteiger partial charge in [-0.1, -0.05) is 41.5 Å². The first kappa shape index (κ1) is 54.6. The van der Waals surface area contributed by atoms with Crippen LogP contribution in [0.3, 0.4) is 0 Å². The number of H-pyrrole nitrogens is 2. The standard InChI is InChI=1S/C25H38FN3O5Si.C25H40FN3O3Si/c1-24(2,3)33-23(30)28-12-11-21(34-35(7,8)25(4,5)6)22(28)19(15-29(31)32)18-14-27-20-13-16(26)9-10-17(18)20;1-24(2,3)31-23(30)29-12-11-21(32-33(7,8)25(4,5)6)22(29)18(14-27)19-15-28-20-13-16(26)9-10-17(19)20/h9-10,13-14,19,21-22,27H,11-12,15H2,1-8H3;9-10,13,15,18,21-22,28H,11-12,14,27H2,1-8H3/t19-,21+,22-;18-,21+,22-/m11/s1. The Bertz CT molecular complexity index is 2410. The molecule has 2 amide bonds. The number of aromatic nitrogens is 2. The van der Waals surface area contributed by atoms with Crippen molar-refractivity contribution in [1.29, 1.82) is 0 Å². The predicted octanol–water partition coefficient (Wildman–Crippen LogP) is 11.8. The van der Waals surface area contributed by atoms with Crippen molar-refractivity contribution in [2.75, 3.05) is 26.2 Å². The van der Waals surface area contributed by atoms with Gasteiger partial charge in [0.1, 0.15) is 22.8 Å². The topological polar surface area (TPSA) is 178 Å². The Labute approximate surface area is 403 Å². The number of nitro groups is 1. The summed E-state index contributed by atoms with van der Waals surface area (Å²) in [6, 6.07) is 8.17. The molecular weight excluding hydrogens is 907 g/mol. The summed E-state index contributed by atoms with van der Waals surface area (Å²) < 4.78 is 52.7. The summed E-state index contributed by atoms with van der Waals surface area (Å²) >= 11 is 0. The molecule has 0 unspecified atom stereocenters. The number of nitrogens with one attached hydrogen (secondary N) is 2. The molecule has 0 aliphatic carbocycles. The number of aromatic amines is 2. The van der Waals surface area contributed by atoms with Crippen LogP contribution in [0.1, 0.15) is 119 Å². The fraction of sp³-hybridized carbons (Fsp3) is 0.640. The number of halogens is 2. The summed E-state index contributed by atoms with van der Waals surface area (Å²) in [6.45, 7) is 33.6. The number of rotatable bonds is 11. The number of carbonyl (C=O) groups is 2. The van der Waals surface area contributed by atoms with Crippen molar-refractivity contribution in [2.24, 2.45) is 5.73 Å². The van der Waals surface area contributed by atoms with Crippen molar-refractivity contribution in [2.45, 2.75) is 180 Å². The maximum atomic E-state index is 13.8. The molecule has 378 valence electrons. The van der Waals surface area contributed by atoms with E-state index in [1.165, 1.54) is 24.3 Å². The van der Waals surface area contributed by atoms with E-state index in [2.05, 4.69) is 77.7 Å². The lowest BCUT2D eigenvalue weighted by atomic mass is 9.88. The Morgan fingerprint density at radius 1 is 0.706 bits per heavy atom. The van der Waals surface area contributed by atoms with E-state index >= 15 is 0 Å². The molecule has 4 aromatic rings. The average molecular weight is 985 g/mol. The van der Waals surface area contributed by atoms with Gasteiger partial charge in [-0.3, -0.25) is 10.1 Å². The van der Waals surface area contributed by atoms with Crippen molar-refractivity contribution in [3.05, 3.63) is 81.7 Å². The van der Waals surface area contributed by atoms with Crippen LogP contribution >= 0.6 is 0 Å². The second-order valence-electron chi connectivity index (χ2n) is 23.6. The molecule has 2 fully saturated rings. The van der Waals surface area contributed by atoms with Gasteiger partial charge in [0, 0.05) is 64.7 Å². The molecule has 2 aromatic heterocycles. The highest BCUT2D eigenvalue weighted by atomic mass is 28.4. The van der Waals surface area contributed by atoms with E-state index in [9.17, 15) is 28.5 Å². The highest BCUT2D eigenvalue weighted by molar-refractivity contribution is 6.74. The fourth-order valence-electron chi connectivity index (χ4n) is 8.82. The van der Waals surface area contributed by atoms with Crippen molar-refractivity contribution in [3.8, 4) is 0 Å². The van der Waals surface area contributed by atoms with E-state index in [1.54, 1.807) is 48.9 Å². The molecule has 6 atom stereocenters. The second-order valence-corrected chi connectivity index (χ2v) is 33.1. The molecule has 0 spiro atoms. The van der Waals surface area contributed by atoms with E-state index in [1.807, 2.05) is 27.0 Å². The number of nitrogens with two attached hydrogens (primary N) is 1. The van der Waals surface area contributed by atoms with E-state index in [0.717, 1.165) is 17.4 Å². The number of hydrogen-bond donors (Lipinski definition) is 3. The van der Waals surface area contributed by atoms with Gasteiger partial charge in [0.2, 0.25) is 6.54 Å². The molecular formula is C50H78F2N6O8Si2. The Hall–Kier alpha value is -4.37. The fourth-order valence-corrected chi connectivity index (χ4v) is 11.6. The summed E-state index contributed by atoms with van der Waals surface area (Å²) in [7, 11) is -4.37. The molecule has 18 heteroatoms. The van der Waals surface area contributed by atoms with Crippen LogP contribution in [-0.4, -0.2) is 115 Å². The van der Waals surface area contributed by atoms with Crippen molar-refractivity contribution < 1.29 is 41.6 Å². The summed E-state index contributed by atoms with van der Waals surface area (Å²) in [5, 5.41) is 13.4. The third-order valence-corrected chi connectivity index (χ3v) is 23.1. The van der Waals surface area contributed by atoms with E-state index in [0.29, 0.717) is 48.0 Å². The lowest BCUT2D eigenvalue weighted by Gasteiger charge is -2.42. The minimum atomic E-state index is -2.26. The number of likely N-dealkylation sites (tertiary alicyclic amines) is 2. The minimum absolute atomic E-state index is 0.0351. The van der Waals surface area contributed by atoms with Gasteiger partial charge in [-0.2, -0.15) is 0 Å². The molecule has 2 aliphatic rings. The number of hydrogen-bond acceptors (Lipinski definition) is 9. The van der Waals surface area contributed by atoms with Crippen LogP contribution in [0.4, 0.5) is 18.4 Å². The summed E-state index contributed by atoms with van der Waals surface area (Å²) in [6.07, 6.45) is 3.45. The van der Waals surface area contributed by atoms with Gasteiger partial charge in [0.25, 0.3) is 0 Å². The number of benzene rings is 2. The summed E-state index contributed by atoms with van der Waals surface area (Å²) in [5.74, 6) is -1.55. The lowest BCUT2D eigenvalue weighted by molar-refractivity contribution is -0.484. The maximum Gasteiger partial charge on any atom is 0.410 e. The van der Waals surface area contributed by atoms with Gasteiger partial charge in [0.15, 0.2) is 16.6 Å². The van der Waals surface area contributed by atoms with E-state index in [4.69, 9.17) is 24.1 Å². The van der Waals surface area contributed by atoms with Gasteiger partial charge in [-0.25, -0.2) is 18.4 Å². The largest absolute Gasteiger partial charge is 0.444 e. The molecule has 0 saturated carbocycles. The smallest absolute Gasteiger partial charge is 0.410 e. The number of ether oxygens (including phenoxy) is 2. The Kier molecular flexibility index (Phi) is 16.2.